The van der Waals surface area contributed by atoms with Gasteiger partial charge in [0, 0.05) is 5.56 Å². The molecule has 0 aliphatic heterocycles. The number of benzene rings is 1. The number of hydrogen-bond acceptors (Lipinski definition) is 6. The summed E-state index contributed by atoms with van der Waals surface area (Å²) >= 11 is 1.25. The standard InChI is InChI=1S/C12H15FN4OS/c1-3-9-12(19-17-16-9)11(15-14)8-6-7(13)4-5-10(8)18-2/h4-6,11,15H,3,14H2,1-2H3. The zero-order valence-electron chi connectivity index (χ0n) is 10.7. The molecule has 0 saturated heterocycles. The van der Waals surface area contributed by atoms with Gasteiger partial charge in [-0.2, -0.15) is 0 Å². The van der Waals surface area contributed by atoms with Gasteiger partial charge in [0.1, 0.15) is 11.6 Å². The molecule has 0 aliphatic carbocycles. The van der Waals surface area contributed by atoms with Crippen LogP contribution in [0.5, 0.6) is 5.75 Å². The van der Waals surface area contributed by atoms with Gasteiger partial charge < -0.3 is 4.74 Å². The predicted molar refractivity (Wildman–Crippen MR) is 71.4 cm³/mol. The zero-order valence-corrected chi connectivity index (χ0v) is 11.5. The van der Waals surface area contributed by atoms with Crippen LogP contribution >= 0.6 is 11.5 Å². The van der Waals surface area contributed by atoms with E-state index in [1.807, 2.05) is 6.92 Å². The molecule has 2 rings (SSSR count). The Balaban J connectivity index is 2.50. The monoisotopic (exact) mass is 282 g/mol. The third kappa shape index (κ3) is 2.73. The average molecular weight is 282 g/mol. The van der Waals surface area contributed by atoms with Gasteiger partial charge in [-0.3, -0.25) is 5.84 Å². The number of nitrogens with two attached hydrogens (primary N) is 1. The number of rotatable bonds is 5. The van der Waals surface area contributed by atoms with Gasteiger partial charge in [0.2, 0.25) is 0 Å². The second kappa shape index (κ2) is 6.05. The number of hydrazine groups is 1. The fourth-order valence-corrected chi connectivity index (χ4v) is 2.74. The number of hydrogen-bond donors (Lipinski definition) is 2. The van der Waals surface area contributed by atoms with Crippen molar-refractivity contribution in [3.8, 4) is 5.75 Å². The molecule has 5 nitrogen and oxygen atoms in total. The summed E-state index contributed by atoms with van der Waals surface area (Å²) in [6.45, 7) is 1.98. The van der Waals surface area contributed by atoms with Crippen LogP contribution in [-0.2, 0) is 6.42 Å². The lowest BCUT2D eigenvalue weighted by Gasteiger charge is -2.18. The molecule has 0 radical (unpaired) electrons. The Hall–Kier alpha value is -1.57. The quantitative estimate of drug-likeness (QED) is 0.646. The Kier molecular flexibility index (Phi) is 4.41. The molecule has 2 aromatic rings. The number of ether oxygens (including phenoxy) is 1. The topological polar surface area (TPSA) is 73.1 Å². The van der Waals surface area contributed by atoms with Gasteiger partial charge in [-0.05, 0) is 36.2 Å². The first-order valence-corrected chi connectivity index (χ1v) is 6.59. The molecule has 19 heavy (non-hydrogen) atoms. The predicted octanol–water partition coefficient (Wildman–Crippen LogP) is 1.80. The van der Waals surface area contributed by atoms with Gasteiger partial charge >= 0.3 is 0 Å². The average Bonchev–Trinajstić information content (AvgIpc) is 2.88. The Morgan fingerprint density at radius 3 is 2.95 bits per heavy atom. The first-order valence-electron chi connectivity index (χ1n) is 5.82. The molecule has 1 heterocycles. The van der Waals surface area contributed by atoms with Crippen LogP contribution < -0.4 is 16.0 Å². The van der Waals surface area contributed by atoms with Crippen molar-refractivity contribution >= 4 is 11.5 Å². The van der Waals surface area contributed by atoms with E-state index in [0.29, 0.717) is 11.3 Å². The number of methoxy groups -OCH3 is 1. The van der Waals surface area contributed by atoms with Crippen LogP contribution in [0.25, 0.3) is 0 Å². The number of aryl methyl sites for hydroxylation is 1. The van der Waals surface area contributed by atoms with Gasteiger partial charge in [0.25, 0.3) is 0 Å². The highest BCUT2D eigenvalue weighted by atomic mass is 32.1. The van der Waals surface area contributed by atoms with Crippen LogP contribution in [0.15, 0.2) is 18.2 Å². The SMILES string of the molecule is CCc1nnsc1C(NN)c1cc(F)ccc1OC. The van der Waals surface area contributed by atoms with E-state index in [2.05, 4.69) is 15.0 Å². The Morgan fingerprint density at radius 1 is 1.53 bits per heavy atom. The van der Waals surface area contributed by atoms with Crippen LogP contribution in [0.2, 0.25) is 0 Å². The fraction of sp³-hybridized carbons (Fsp3) is 0.333. The maximum atomic E-state index is 13.5. The summed E-state index contributed by atoms with van der Waals surface area (Å²) in [4.78, 5) is 0.869. The third-order valence-corrected chi connectivity index (χ3v) is 3.68. The van der Waals surface area contributed by atoms with Crippen molar-refractivity contribution in [2.45, 2.75) is 19.4 Å². The summed E-state index contributed by atoms with van der Waals surface area (Å²) < 4.78 is 22.6. The smallest absolute Gasteiger partial charge is 0.124 e. The van der Waals surface area contributed by atoms with Crippen molar-refractivity contribution in [3.05, 3.63) is 40.2 Å². The molecule has 1 aromatic carbocycles. The highest BCUT2D eigenvalue weighted by Gasteiger charge is 2.23. The molecule has 1 atom stereocenters. The lowest BCUT2D eigenvalue weighted by Crippen LogP contribution is -2.29. The van der Waals surface area contributed by atoms with E-state index in [9.17, 15) is 4.39 Å². The number of aromatic nitrogens is 2. The van der Waals surface area contributed by atoms with E-state index in [4.69, 9.17) is 10.6 Å². The van der Waals surface area contributed by atoms with Crippen LogP contribution in [0.3, 0.4) is 0 Å². The molecule has 7 heteroatoms. The maximum absolute atomic E-state index is 13.5. The van der Waals surface area contributed by atoms with Crippen molar-refractivity contribution in [1.29, 1.82) is 0 Å². The van der Waals surface area contributed by atoms with E-state index >= 15 is 0 Å². The second-order valence-corrected chi connectivity index (χ2v) is 4.71. The van der Waals surface area contributed by atoms with Gasteiger partial charge in [0.05, 0.1) is 23.7 Å². The summed E-state index contributed by atoms with van der Waals surface area (Å²) in [6, 6.07) is 3.94. The van der Waals surface area contributed by atoms with E-state index in [1.54, 1.807) is 6.07 Å². The molecule has 1 aromatic heterocycles. The van der Waals surface area contributed by atoms with Gasteiger partial charge in [-0.15, -0.1) is 5.10 Å². The zero-order chi connectivity index (χ0) is 13.8. The van der Waals surface area contributed by atoms with Crippen LogP contribution in [0.4, 0.5) is 4.39 Å². The van der Waals surface area contributed by atoms with Crippen molar-refractivity contribution in [2.75, 3.05) is 7.11 Å². The van der Waals surface area contributed by atoms with Gasteiger partial charge in [-0.25, -0.2) is 9.82 Å². The Labute approximate surface area is 114 Å². The van der Waals surface area contributed by atoms with Crippen molar-refractivity contribution in [3.63, 3.8) is 0 Å². The van der Waals surface area contributed by atoms with Crippen LogP contribution in [0, 0.1) is 5.82 Å². The van der Waals surface area contributed by atoms with E-state index < -0.39 is 0 Å². The normalized spacial score (nSPS) is 12.4. The number of halogens is 1. The molecule has 0 amide bonds. The molecular formula is C12H15FN4OS. The second-order valence-electron chi connectivity index (χ2n) is 3.92. The molecule has 0 bridgehead atoms. The number of nitrogens with zero attached hydrogens (tertiary/aromatic N) is 2. The summed E-state index contributed by atoms with van der Waals surface area (Å²) in [5.41, 5.74) is 4.16. The maximum Gasteiger partial charge on any atom is 0.124 e. The van der Waals surface area contributed by atoms with Crippen LogP contribution in [-0.4, -0.2) is 16.7 Å². The minimum absolute atomic E-state index is 0.341. The van der Waals surface area contributed by atoms with E-state index in [0.717, 1.165) is 17.0 Å². The van der Waals surface area contributed by atoms with Gasteiger partial charge in [-0.1, -0.05) is 11.4 Å². The highest BCUT2D eigenvalue weighted by Crippen LogP contribution is 2.33. The Bertz CT molecular complexity index is 560. The van der Waals surface area contributed by atoms with E-state index in [-0.39, 0.29) is 11.9 Å². The molecule has 3 N–H and O–H groups in total. The summed E-state index contributed by atoms with van der Waals surface area (Å²) in [5.74, 6) is 5.84. The lowest BCUT2D eigenvalue weighted by molar-refractivity contribution is 0.403. The highest BCUT2D eigenvalue weighted by molar-refractivity contribution is 7.05. The number of nitrogens with one attached hydrogen (secondary N) is 1. The molecule has 0 saturated carbocycles. The molecule has 102 valence electrons. The molecular weight excluding hydrogens is 267 g/mol. The molecule has 1 unspecified atom stereocenters. The van der Waals surface area contributed by atoms with Crippen molar-refractivity contribution < 1.29 is 9.13 Å². The Morgan fingerprint density at radius 2 is 2.32 bits per heavy atom. The molecule has 0 spiro atoms. The third-order valence-electron chi connectivity index (χ3n) is 2.85. The lowest BCUT2D eigenvalue weighted by atomic mass is 10.0. The van der Waals surface area contributed by atoms with Gasteiger partial charge in [0.15, 0.2) is 0 Å². The summed E-state index contributed by atoms with van der Waals surface area (Å²) in [5, 5.41) is 4.05. The first kappa shape index (κ1) is 13.9. The minimum atomic E-state index is -0.388. The van der Waals surface area contributed by atoms with E-state index in [1.165, 1.54) is 30.8 Å². The molecule has 0 aliphatic rings. The van der Waals surface area contributed by atoms with Crippen molar-refractivity contribution in [2.24, 2.45) is 5.84 Å². The fourth-order valence-electron chi connectivity index (χ4n) is 1.92. The van der Waals surface area contributed by atoms with Crippen LogP contribution in [0.1, 0.15) is 29.1 Å². The van der Waals surface area contributed by atoms with Crippen molar-refractivity contribution in [1.82, 2.24) is 15.0 Å². The summed E-state index contributed by atoms with van der Waals surface area (Å²) in [7, 11) is 1.54. The first-order chi connectivity index (χ1) is 9.21. The largest absolute Gasteiger partial charge is 0.496 e. The molecule has 0 fully saturated rings. The summed E-state index contributed by atoms with van der Waals surface area (Å²) in [6.07, 6.45) is 0.738. The minimum Gasteiger partial charge on any atom is -0.496 e.